The lowest BCUT2D eigenvalue weighted by atomic mass is 10.7. The van der Waals surface area contributed by atoms with Crippen LogP contribution in [0.3, 0.4) is 0 Å². The lowest BCUT2D eigenvalue weighted by Crippen LogP contribution is -2.33. The fraction of sp³-hybridized carbons (Fsp3) is 0.800. The second-order valence-corrected chi connectivity index (χ2v) is 2.43. The normalized spacial score (nSPS) is 17.4. The number of guanidine groups is 1. The first-order chi connectivity index (χ1) is 4.84. The van der Waals surface area contributed by atoms with E-state index in [0.717, 1.165) is 13.1 Å². The molecule has 1 aliphatic rings. The van der Waals surface area contributed by atoms with E-state index >= 15 is 0 Å². The highest BCUT2D eigenvalue weighted by Gasteiger charge is 2.11. The molecule has 3 nitrogen and oxygen atoms in total. The van der Waals surface area contributed by atoms with E-state index in [0.29, 0.717) is 12.5 Å². The van der Waals surface area contributed by atoms with Crippen LogP contribution in [0.25, 0.3) is 0 Å². The van der Waals surface area contributed by atoms with Gasteiger partial charge in [0.25, 0.3) is 0 Å². The Balaban J connectivity index is 2.26. The first-order valence-corrected chi connectivity index (χ1v) is 3.55. The van der Waals surface area contributed by atoms with Crippen molar-refractivity contribution in [2.45, 2.75) is 0 Å². The van der Waals surface area contributed by atoms with Gasteiger partial charge in [-0.25, -0.2) is 4.39 Å². The minimum atomic E-state index is -0.374. The molecule has 1 N–H and O–H groups in total. The summed E-state index contributed by atoms with van der Waals surface area (Å²) in [6.07, 6.45) is 0. The Morgan fingerprint density at radius 3 is 3.10 bits per heavy atom. The molecule has 0 unspecified atom stereocenters. The molecule has 1 rings (SSSR count). The molecule has 0 saturated heterocycles. The van der Waals surface area contributed by atoms with Crippen LogP contribution in [0.2, 0.25) is 0 Å². The third kappa shape index (κ3) is 1.76. The molecule has 0 aromatic carbocycles. The fourth-order valence-electron chi connectivity index (χ4n) is 0.744. The molecular weight excluding hydrogens is 153 g/mol. The minimum absolute atomic E-state index is 0.315. The molecule has 0 aromatic rings. The third-order valence-corrected chi connectivity index (χ3v) is 1.58. The van der Waals surface area contributed by atoms with Gasteiger partial charge in [0.2, 0.25) is 5.96 Å². The van der Waals surface area contributed by atoms with Gasteiger partial charge in [-0.05, 0) is 0 Å². The maximum Gasteiger partial charge on any atom is 0.204 e. The smallest absolute Gasteiger partial charge is 0.204 e. The first kappa shape index (κ1) is 7.65. The summed E-state index contributed by atoms with van der Waals surface area (Å²) in [7, 11) is 0. The highest BCUT2D eigenvalue weighted by atomic mass is 32.1. The Morgan fingerprint density at radius 2 is 2.60 bits per heavy atom. The monoisotopic (exact) mass is 163 g/mol. The van der Waals surface area contributed by atoms with Gasteiger partial charge in [-0.15, -0.1) is 0 Å². The molecule has 0 radical (unpaired) electrons. The van der Waals surface area contributed by atoms with Crippen molar-refractivity contribution in [3.05, 3.63) is 0 Å². The van der Waals surface area contributed by atoms with Gasteiger partial charge in [0, 0.05) is 6.54 Å². The topological polar surface area (TPSA) is 27.6 Å². The van der Waals surface area contributed by atoms with Crippen molar-refractivity contribution in [2.75, 3.05) is 26.3 Å². The molecule has 58 valence electrons. The molecule has 5 heteroatoms. The molecule has 0 fully saturated rings. The van der Waals surface area contributed by atoms with Crippen LogP contribution in [-0.4, -0.2) is 36.6 Å². The maximum atomic E-state index is 11.6. The summed E-state index contributed by atoms with van der Waals surface area (Å²) in [6.45, 7) is 1.49. The van der Waals surface area contributed by atoms with Gasteiger partial charge in [0.15, 0.2) is 0 Å². The Hall–Kier alpha value is -0.450. The van der Waals surface area contributed by atoms with Crippen molar-refractivity contribution < 1.29 is 4.39 Å². The molecule has 0 saturated carbocycles. The van der Waals surface area contributed by atoms with Gasteiger partial charge in [-0.3, -0.25) is 9.30 Å². The van der Waals surface area contributed by atoms with E-state index in [1.807, 2.05) is 0 Å². The van der Waals surface area contributed by atoms with Crippen molar-refractivity contribution >= 4 is 18.8 Å². The van der Waals surface area contributed by atoms with Crippen LogP contribution >= 0.6 is 12.8 Å². The van der Waals surface area contributed by atoms with Gasteiger partial charge < -0.3 is 5.32 Å². The third-order valence-electron chi connectivity index (χ3n) is 1.20. The number of alkyl halides is 1. The number of rotatable bonds is 2. The van der Waals surface area contributed by atoms with Crippen LogP contribution in [0.15, 0.2) is 4.99 Å². The highest BCUT2D eigenvalue weighted by Crippen LogP contribution is 2.00. The van der Waals surface area contributed by atoms with Crippen LogP contribution in [0, 0.1) is 0 Å². The fourth-order valence-corrected chi connectivity index (χ4v) is 0.968. The number of thiol groups is 1. The maximum absolute atomic E-state index is 11.6. The summed E-state index contributed by atoms with van der Waals surface area (Å²) in [5, 5.41) is 2.81. The van der Waals surface area contributed by atoms with E-state index in [1.54, 1.807) is 4.31 Å². The van der Waals surface area contributed by atoms with Crippen molar-refractivity contribution in [3.8, 4) is 0 Å². The summed E-state index contributed by atoms with van der Waals surface area (Å²) in [6, 6.07) is 0. The van der Waals surface area contributed by atoms with Crippen LogP contribution in [0.1, 0.15) is 0 Å². The number of hydrogen-bond acceptors (Lipinski definition) is 4. The molecule has 0 bridgehead atoms. The Kier molecular flexibility index (Phi) is 2.80. The van der Waals surface area contributed by atoms with Crippen LogP contribution in [0.4, 0.5) is 4.39 Å². The number of halogens is 1. The highest BCUT2D eigenvalue weighted by molar-refractivity contribution is 7.78. The minimum Gasteiger partial charge on any atom is -0.353 e. The lowest BCUT2D eigenvalue weighted by molar-refractivity contribution is 0.487. The number of hydrogen-bond donors (Lipinski definition) is 2. The second-order valence-electron chi connectivity index (χ2n) is 1.94. The number of nitrogens with zero attached hydrogens (tertiary/aromatic N) is 2. The summed E-state index contributed by atoms with van der Waals surface area (Å²) >= 11 is 4.08. The number of aliphatic imine (C=N–C) groups is 1. The van der Waals surface area contributed by atoms with Gasteiger partial charge >= 0.3 is 0 Å². The van der Waals surface area contributed by atoms with E-state index in [9.17, 15) is 4.39 Å². The second kappa shape index (κ2) is 3.65. The number of nitrogens with one attached hydrogen (secondary N) is 1. The van der Waals surface area contributed by atoms with Crippen molar-refractivity contribution in [3.63, 3.8) is 0 Å². The summed E-state index contributed by atoms with van der Waals surface area (Å²) in [5.74, 6) is 0.681. The lowest BCUT2D eigenvalue weighted by Gasteiger charge is -2.11. The summed E-state index contributed by atoms with van der Waals surface area (Å²) in [4.78, 5) is 4.04. The zero-order valence-corrected chi connectivity index (χ0v) is 6.44. The van der Waals surface area contributed by atoms with Crippen molar-refractivity contribution in [1.82, 2.24) is 9.62 Å². The van der Waals surface area contributed by atoms with Crippen molar-refractivity contribution in [1.29, 1.82) is 0 Å². The van der Waals surface area contributed by atoms with Crippen LogP contribution < -0.4 is 5.32 Å². The van der Waals surface area contributed by atoms with Gasteiger partial charge in [-0.2, -0.15) is 0 Å². The quantitative estimate of drug-likeness (QED) is 0.563. The van der Waals surface area contributed by atoms with Crippen LogP contribution in [0.5, 0.6) is 0 Å². The van der Waals surface area contributed by atoms with Gasteiger partial charge in [-0.1, -0.05) is 12.8 Å². The largest absolute Gasteiger partial charge is 0.353 e. The summed E-state index contributed by atoms with van der Waals surface area (Å²) in [5.41, 5.74) is 0. The first-order valence-electron chi connectivity index (χ1n) is 3.15. The summed E-state index contributed by atoms with van der Waals surface area (Å²) < 4.78 is 13.3. The van der Waals surface area contributed by atoms with E-state index in [-0.39, 0.29) is 6.67 Å². The Bertz CT molecular complexity index is 139. The van der Waals surface area contributed by atoms with Gasteiger partial charge in [0.05, 0.1) is 13.1 Å². The molecule has 1 heterocycles. The standard InChI is InChI=1S/C5H10FN3S/c6-1-2-7-5-8-3-4-9(5)10/h10H,1-4H2,(H,7,8). The van der Waals surface area contributed by atoms with E-state index in [1.165, 1.54) is 0 Å². The average Bonchev–Trinajstić information content (AvgIpc) is 2.31. The molecule has 0 atom stereocenters. The average molecular weight is 163 g/mol. The zero-order valence-electron chi connectivity index (χ0n) is 5.55. The molecule has 10 heavy (non-hydrogen) atoms. The Labute approximate surface area is 64.9 Å². The molecule has 1 aliphatic heterocycles. The molecule has 0 spiro atoms. The predicted octanol–water partition coefficient (Wildman–Crippen LogP) is 0.0619. The molecular formula is C5H10FN3S. The van der Waals surface area contributed by atoms with E-state index in [4.69, 9.17) is 0 Å². The van der Waals surface area contributed by atoms with E-state index in [2.05, 4.69) is 23.1 Å². The van der Waals surface area contributed by atoms with E-state index < -0.39 is 0 Å². The Morgan fingerprint density at radius 1 is 1.80 bits per heavy atom. The SMILES string of the molecule is FCCNC1=NCCN1S. The van der Waals surface area contributed by atoms with Crippen molar-refractivity contribution in [2.24, 2.45) is 4.99 Å². The predicted molar refractivity (Wildman–Crippen MR) is 42.0 cm³/mol. The molecule has 0 aromatic heterocycles. The molecule has 0 amide bonds. The van der Waals surface area contributed by atoms with Gasteiger partial charge in [0.1, 0.15) is 6.67 Å². The zero-order chi connectivity index (χ0) is 7.40. The molecule has 0 aliphatic carbocycles. The van der Waals surface area contributed by atoms with Crippen LogP contribution in [-0.2, 0) is 0 Å².